The zero-order valence-electron chi connectivity index (χ0n) is 9.74. The van der Waals surface area contributed by atoms with E-state index >= 15 is 0 Å². The van der Waals surface area contributed by atoms with Gasteiger partial charge >= 0.3 is 5.97 Å². The summed E-state index contributed by atoms with van der Waals surface area (Å²) in [5, 5.41) is 8.75. The molecule has 0 fully saturated rings. The fourth-order valence-corrected chi connectivity index (χ4v) is 1.88. The molecule has 1 rings (SSSR count). The number of anilines is 2. The van der Waals surface area contributed by atoms with Crippen LogP contribution in [0.5, 0.6) is 0 Å². The maximum absolute atomic E-state index is 13.5. The first-order valence-electron chi connectivity index (χ1n) is 4.99. The minimum absolute atomic E-state index is 0.271. The molecule has 0 amide bonds. The van der Waals surface area contributed by atoms with Crippen molar-refractivity contribution in [3.63, 3.8) is 0 Å². The Kier molecular flexibility index (Phi) is 4.62. The first kappa shape index (κ1) is 13.6. The van der Waals surface area contributed by atoms with Crippen molar-refractivity contribution >= 4 is 29.1 Å². The van der Waals surface area contributed by atoms with Gasteiger partial charge in [-0.05, 0) is 12.3 Å². The lowest BCUT2D eigenvalue weighted by atomic mass is 10.1. The van der Waals surface area contributed by atoms with Crippen molar-refractivity contribution in [2.75, 3.05) is 36.2 Å². The summed E-state index contributed by atoms with van der Waals surface area (Å²) in [4.78, 5) is 12.5. The lowest BCUT2D eigenvalue weighted by Crippen LogP contribution is -2.22. The molecule has 0 aliphatic carbocycles. The number of hydrogen-bond acceptors (Lipinski definition) is 4. The highest BCUT2D eigenvalue weighted by atomic mass is 32.2. The van der Waals surface area contributed by atoms with Crippen LogP contribution in [0.25, 0.3) is 0 Å². The molecule has 3 N–H and O–H groups in total. The van der Waals surface area contributed by atoms with Gasteiger partial charge in [-0.25, -0.2) is 9.18 Å². The van der Waals surface area contributed by atoms with Gasteiger partial charge in [-0.15, -0.1) is 0 Å². The van der Waals surface area contributed by atoms with Crippen LogP contribution in [0.2, 0.25) is 0 Å². The van der Waals surface area contributed by atoms with Gasteiger partial charge < -0.3 is 15.7 Å². The van der Waals surface area contributed by atoms with Crippen LogP contribution < -0.4 is 10.6 Å². The van der Waals surface area contributed by atoms with Crippen molar-refractivity contribution in [2.24, 2.45) is 0 Å². The van der Waals surface area contributed by atoms with E-state index in [9.17, 15) is 9.18 Å². The Labute approximate surface area is 104 Å². The Morgan fingerprint density at radius 1 is 1.59 bits per heavy atom. The van der Waals surface area contributed by atoms with E-state index < -0.39 is 17.3 Å². The van der Waals surface area contributed by atoms with E-state index in [0.717, 1.165) is 18.4 Å². The number of carbonyl (C=O) groups is 1. The third-order valence-electron chi connectivity index (χ3n) is 2.39. The van der Waals surface area contributed by atoms with Gasteiger partial charge in [0.15, 0.2) is 0 Å². The maximum atomic E-state index is 13.5. The first-order valence-corrected chi connectivity index (χ1v) is 6.39. The van der Waals surface area contributed by atoms with Crippen LogP contribution in [0.15, 0.2) is 12.1 Å². The normalized spacial score (nSPS) is 10.3. The highest BCUT2D eigenvalue weighted by Gasteiger charge is 2.15. The van der Waals surface area contributed by atoms with Crippen LogP contribution in [0.4, 0.5) is 15.8 Å². The molecule has 0 heterocycles. The van der Waals surface area contributed by atoms with E-state index in [1.54, 1.807) is 23.7 Å². The molecule has 4 nitrogen and oxygen atoms in total. The molecule has 1 aromatic rings. The highest BCUT2D eigenvalue weighted by Crippen LogP contribution is 2.26. The van der Waals surface area contributed by atoms with Gasteiger partial charge in [0, 0.05) is 25.4 Å². The molecule has 0 aliphatic rings. The number of carboxylic acids is 1. The van der Waals surface area contributed by atoms with Gasteiger partial charge in [0.25, 0.3) is 0 Å². The number of halogens is 1. The Balaban J connectivity index is 3.02. The molecule has 0 bridgehead atoms. The third-order valence-corrected chi connectivity index (χ3v) is 2.98. The highest BCUT2D eigenvalue weighted by molar-refractivity contribution is 7.98. The predicted octanol–water partition coefficient (Wildman–Crippen LogP) is 1.91. The number of aromatic carboxylic acids is 1. The molecule has 0 saturated heterocycles. The summed E-state index contributed by atoms with van der Waals surface area (Å²) in [7, 11) is 1.79. The average molecular weight is 258 g/mol. The second-order valence-corrected chi connectivity index (χ2v) is 4.60. The van der Waals surface area contributed by atoms with Crippen LogP contribution in [-0.4, -0.2) is 36.7 Å². The van der Waals surface area contributed by atoms with E-state index in [-0.39, 0.29) is 5.69 Å². The van der Waals surface area contributed by atoms with Crippen molar-refractivity contribution in [3.8, 4) is 0 Å². The maximum Gasteiger partial charge on any atom is 0.338 e. The van der Waals surface area contributed by atoms with Gasteiger partial charge in [0.1, 0.15) is 5.82 Å². The second-order valence-electron chi connectivity index (χ2n) is 3.61. The smallest absolute Gasteiger partial charge is 0.338 e. The van der Waals surface area contributed by atoms with Gasteiger partial charge in [0.2, 0.25) is 0 Å². The van der Waals surface area contributed by atoms with Gasteiger partial charge in [-0.3, -0.25) is 0 Å². The molecule has 1 aromatic carbocycles. The molecule has 0 aliphatic heterocycles. The summed E-state index contributed by atoms with van der Waals surface area (Å²) in [6.45, 7) is 0.719. The molecule has 0 radical (unpaired) electrons. The third kappa shape index (κ3) is 3.26. The Morgan fingerprint density at radius 2 is 2.24 bits per heavy atom. The largest absolute Gasteiger partial charge is 0.478 e. The number of rotatable bonds is 5. The van der Waals surface area contributed by atoms with Crippen LogP contribution in [0.1, 0.15) is 10.4 Å². The molecule has 17 heavy (non-hydrogen) atoms. The summed E-state index contributed by atoms with van der Waals surface area (Å²) in [6, 6.07) is 2.32. The van der Waals surface area contributed by atoms with Crippen molar-refractivity contribution in [2.45, 2.75) is 0 Å². The summed E-state index contributed by atoms with van der Waals surface area (Å²) in [6.07, 6.45) is 1.98. The fraction of sp³-hybridized carbons (Fsp3) is 0.364. The number of nitrogens with two attached hydrogens (primary N) is 1. The van der Waals surface area contributed by atoms with Gasteiger partial charge in [-0.2, -0.15) is 11.8 Å². The summed E-state index contributed by atoms with van der Waals surface area (Å²) >= 11 is 1.67. The molecular weight excluding hydrogens is 243 g/mol. The summed E-state index contributed by atoms with van der Waals surface area (Å²) in [5.74, 6) is -1.19. The summed E-state index contributed by atoms with van der Waals surface area (Å²) < 4.78 is 13.5. The second kappa shape index (κ2) is 5.77. The number of hydrogen-bond donors (Lipinski definition) is 2. The standard InChI is InChI=1S/C11H15FN2O2S/c1-14(3-4-17-2)10-6-8(12)7(11(15)16)5-9(10)13/h5-6H,3-4,13H2,1-2H3,(H,15,16). The molecule has 94 valence electrons. The van der Waals surface area contributed by atoms with E-state index in [1.165, 1.54) is 6.07 Å². The lowest BCUT2D eigenvalue weighted by Gasteiger charge is -2.21. The first-order chi connectivity index (χ1) is 7.97. The van der Waals surface area contributed by atoms with Crippen molar-refractivity contribution in [1.29, 1.82) is 0 Å². The van der Waals surface area contributed by atoms with E-state index in [2.05, 4.69) is 0 Å². The Hall–Kier alpha value is -1.43. The number of nitrogens with zero attached hydrogens (tertiary/aromatic N) is 1. The van der Waals surface area contributed by atoms with Crippen LogP contribution in [0.3, 0.4) is 0 Å². The van der Waals surface area contributed by atoms with Crippen LogP contribution in [0, 0.1) is 5.82 Å². The van der Waals surface area contributed by atoms with E-state index in [4.69, 9.17) is 10.8 Å². The Bertz CT molecular complexity index is 426. The Morgan fingerprint density at radius 3 is 2.76 bits per heavy atom. The van der Waals surface area contributed by atoms with Crippen molar-refractivity contribution in [3.05, 3.63) is 23.5 Å². The van der Waals surface area contributed by atoms with E-state index in [0.29, 0.717) is 5.69 Å². The van der Waals surface area contributed by atoms with E-state index in [1.807, 2.05) is 6.26 Å². The molecule has 0 aromatic heterocycles. The van der Waals surface area contributed by atoms with Crippen LogP contribution >= 0.6 is 11.8 Å². The molecule has 6 heteroatoms. The number of carboxylic acid groups (broad SMARTS) is 1. The van der Waals surface area contributed by atoms with Crippen molar-refractivity contribution in [1.82, 2.24) is 0 Å². The average Bonchev–Trinajstić information content (AvgIpc) is 2.28. The van der Waals surface area contributed by atoms with Crippen molar-refractivity contribution < 1.29 is 14.3 Å². The molecule has 0 spiro atoms. The molecular formula is C11H15FN2O2S. The zero-order valence-corrected chi connectivity index (χ0v) is 10.6. The SMILES string of the molecule is CSCCN(C)c1cc(F)c(C(=O)O)cc1N. The topological polar surface area (TPSA) is 66.6 Å². The summed E-state index contributed by atoms with van der Waals surface area (Å²) in [5.41, 5.74) is 6.11. The lowest BCUT2D eigenvalue weighted by molar-refractivity contribution is 0.0692. The zero-order chi connectivity index (χ0) is 13.0. The molecule has 0 saturated carbocycles. The molecule has 0 atom stereocenters. The number of thioether (sulfide) groups is 1. The van der Waals surface area contributed by atoms with Gasteiger partial charge in [0.05, 0.1) is 16.9 Å². The van der Waals surface area contributed by atoms with Gasteiger partial charge in [-0.1, -0.05) is 0 Å². The minimum Gasteiger partial charge on any atom is -0.478 e. The number of nitrogen functional groups attached to an aromatic ring is 1. The minimum atomic E-state index is -1.31. The number of benzene rings is 1. The monoisotopic (exact) mass is 258 g/mol. The predicted molar refractivity (Wildman–Crippen MR) is 69.4 cm³/mol. The molecule has 0 unspecified atom stereocenters. The quantitative estimate of drug-likeness (QED) is 0.790. The van der Waals surface area contributed by atoms with Crippen LogP contribution in [-0.2, 0) is 0 Å². The fourth-order valence-electron chi connectivity index (χ4n) is 1.42.